The third kappa shape index (κ3) is 2.64. The predicted octanol–water partition coefficient (Wildman–Crippen LogP) is 3.02. The van der Waals surface area contributed by atoms with E-state index in [1.165, 1.54) is 0 Å². The van der Waals surface area contributed by atoms with E-state index in [-0.39, 0.29) is 6.54 Å². The smallest absolute Gasteiger partial charge is 0.256 e. The number of nitrogens with one attached hydrogen (secondary N) is 1. The summed E-state index contributed by atoms with van der Waals surface area (Å²) in [6, 6.07) is 7.73. The molecule has 0 radical (unpaired) electrons. The number of nitrogens with zero attached hydrogens (tertiary/aromatic N) is 1. The molecule has 0 fully saturated rings. The minimum absolute atomic E-state index is 0.242. The highest BCUT2D eigenvalue weighted by atomic mass is 19.3. The summed E-state index contributed by atoms with van der Waals surface area (Å²) in [6.45, 7) is 3.47. The molecule has 0 saturated carbocycles. The predicted molar refractivity (Wildman–Crippen MR) is 65.3 cm³/mol. The standard InChI is InChI=1S/C13H16F2N2/c1-2-16-8-10-4-3-5-12-11(10)6-7-17(12)9-13(14)15/h3-7,13,16H,2,8-9H2,1H3. The first-order valence-electron chi connectivity index (χ1n) is 5.78. The number of hydrogen-bond acceptors (Lipinski definition) is 1. The maximum absolute atomic E-state index is 12.4. The molecule has 1 N–H and O–H groups in total. The van der Waals surface area contributed by atoms with Crippen molar-refractivity contribution >= 4 is 10.9 Å². The molecule has 4 heteroatoms. The van der Waals surface area contributed by atoms with E-state index in [9.17, 15) is 8.78 Å². The van der Waals surface area contributed by atoms with E-state index in [1.807, 2.05) is 31.2 Å². The second kappa shape index (κ2) is 5.27. The zero-order valence-corrected chi connectivity index (χ0v) is 9.79. The van der Waals surface area contributed by atoms with E-state index in [0.717, 1.165) is 29.6 Å². The number of rotatable bonds is 5. The maximum atomic E-state index is 12.4. The fourth-order valence-corrected chi connectivity index (χ4v) is 2.01. The van der Waals surface area contributed by atoms with Crippen LogP contribution in [0.5, 0.6) is 0 Å². The van der Waals surface area contributed by atoms with Gasteiger partial charge in [-0.25, -0.2) is 8.78 Å². The first-order valence-corrected chi connectivity index (χ1v) is 5.78. The van der Waals surface area contributed by atoms with E-state index in [2.05, 4.69) is 5.32 Å². The largest absolute Gasteiger partial charge is 0.342 e. The van der Waals surface area contributed by atoms with Crippen molar-refractivity contribution in [2.45, 2.75) is 26.4 Å². The number of aromatic nitrogens is 1. The summed E-state index contributed by atoms with van der Waals surface area (Å²) in [5, 5.41) is 4.30. The molecule has 0 aliphatic carbocycles. The number of hydrogen-bond donors (Lipinski definition) is 1. The molecule has 0 spiro atoms. The molecule has 2 nitrogen and oxygen atoms in total. The summed E-state index contributed by atoms with van der Waals surface area (Å²) in [7, 11) is 0. The van der Waals surface area contributed by atoms with Crippen LogP contribution in [0.2, 0.25) is 0 Å². The first kappa shape index (κ1) is 12.0. The van der Waals surface area contributed by atoms with Gasteiger partial charge in [0.05, 0.1) is 6.54 Å². The summed E-state index contributed by atoms with van der Waals surface area (Å²) in [5.41, 5.74) is 2.03. The number of halogens is 2. The normalized spacial score (nSPS) is 11.5. The van der Waals surface area contributed by atoms with Gasteiger partial charge in [-0.3, -0.25) is 0 Å². The highest BCUT2D eigenvalue weighted by Crippen LogP contribution is 2.21. The van der Waals surface area contributed by atoms with Crippen LogP contribution in [-0.4, -0.2) is 17.5 Å². The Morgan fingerprint density at radius 1 is 1.29 bits per heavy atom. The van der Waals surface area contributed by atoms with Crippen LogP contribution in [0, 0.1) is 0 Å². The van der Waals surface area contributed by atoms with Crippen molar-refractivity contribution in [2.24, 2.45) is 0 Å². The van der Waals surface area contributed by atoms with E-state index < -0.39 is 6.43 Å². The van der Waals surface area contributed by atoms with E-state index in [1.54, 1.807) is 10.8 Å². The van der Waals surface area contributed by atoms with Crippen molar-refractivity contribution < 1.29 is 8.78 Å². The Hall–Kier alpha value is -1.42. The Bertz CT molecular complexity index is 491. The zero-order chi connectivity index (χ0) is 12.3. The van der Waals surface area contributed by atoms with Crippen molar-refractivity contribution in [3.05, 3.63) is 36.0 Å². The average molecular weight is 238 g/mol. The molecule has 0 saturated heterocycles. The van der Waals surface area contributed by atoms with Crippen molar-refractivity contribution in [1.29, 1.82) is 0 Å². The lowest BCUT2D eigenvalue weighted by Crippen LogP contribution is -2.12. The molecular weight excluding hydrogens is 222 g/mol. The summed E-state index contributed by atoms with van der Waals surface area (Å²) < 4.78 is 26.4. The van der Waals surface area contributed by atoms with Crippen molar-refractivity contribution in [1.82, 2.24) is 9.88 Å². The lowest BCUT2D eigenvalue weighted by atomic mass is 10.1. The van der Waals surface area contributed by atoms with Gasteiger partial charge in [-0.05, 0) is 24.2 Å². The fourth-order valence-electron chi connectivity index (χ4n) is 2.01. The SMILES string of the molecule is CCNCc1cccc2c1ccn2CC(F)F. The molecule has 0 unspecified atom stereocenters. The molecule has 17 heavy (non-hydrogen) atoms. The van der Waals surface area contributed by atoms with Gasteiger partial charge in [-0.1, -0.05) is 19.1 Å². The molecule has 1 heterocycles. The Kier molecular flexibility index (Phi) is 3.74. The zero-order valence-electron chi connectivity index (χ0n) is 9.79. The van der Waals surface area contributed by atoms with Crippen LogP contribution in [-0.2, 0) is 13.1 Å². The Morgan fingerprint density at radius 2 is 2.12 bits per heavy atom. The third-order valence-electron chi connectivity index (χ3n) is 2.80. The second-order valence-electron chi connectivity index (χ2n) is 3.99. The molecule has 2 aromatic rings. The van der Waals surface area contributed by atoms with Crippen LogP contribution in [0.15, 0.2) is 30.5 Å². The van der Waals surface area contributed by atoms with E-state index in [0.29, 0.717) is 0 Å². The third-order valence-corrected chi connectivity index (χ3v) is 2.80. The van der Waals surface area contributed by atoms with Gasteiger partial charge in [-0.2, -0.15) is 0 Å². The molecular formula is C13H16F2N2. The number of benzene rings is 1. The summed E-state index contributed by atoms with van der Waals surface area (Å²) in [6.07, 6.45) is -0.588. The van der Waals surface area contributed by atoms with Crippen molar-refractivity contribution in [3.63, 3.8) is 0 Å². The van der Waals surface area contributed by atoms with Crippen LogP contribution in [0.4, 0.5) is 8.78 Å². The van der Waals surface area contributed by atoms with Crippen molar-refractivity contribution in [2.75, 3.05) is 6.54 Å². The Balaban J connectivity index is 2.35. The van der Waals surface area contributed by atoms with E-state index >= 15 is 0 Å². The average Bonchev–Trinajstić information content (AvgIpc) is 2.70. The molecule has 0 aliphatic heterocycles. The van der Waals surface area contributed by atoms with Gasteiger partial charge in [0.1, 0.15) is 0 Å². The minimum Gasteiger partial charge on any atom is -0.342 e. The van der Waals surface area contributed by atoms with Crippen LogP contribution >= 0.6 is 0 Å². The van der Waals surface area contributed by atoms with Crippen LogP contribution in [0.1, 0.15) is 12.5 Å². The second-order valence-corrected chi connectivity index (χ2v) is 3.99. The highest BCUT2D eigenvalue weighted by Gasteiger charge is 2.09. The Labute approximate surface area is 99.2 Å². The molecule has 1 aromatic carbocycles. The minimum atomic E-state index is -2.32. The molecule has 0 aliphatic rings. The van der Waals surface area contributed by atoms with Gasteiger partial charge in [-0.15, -0.1) is 0 Å². The van der Waals surface area contributed by atoms with Crippen LogP contribution in [0.25, 0.3) is 10.9 Å². The molecule has 0 bridgehead atoms. The van der Waals surface area contributed by atoms with Gasteiger partial charge >= 0.3 is 0 Å². The lowest BCUT2D eigenvalue weighted by Gasteiger charge is -2.07. The van der Waals surface area contributed by atoms with Gasteiger partial charge < -0.3 is 9.88 Å². The molecule has 2 rings (SSSR count). The topological polar surface area (TPSA) is 17.0 Å². The van der Waals surface area contributed by atoms with E-state index in [4.69, 9.17) is 0 Å². The summed E-state index contributed by atoms with van der Waals surface area (Å²) in [4.78, 5) is 0. The van der Waals surface area contributed by atoms with Gasteiger partial charge in [0, 0.05) is 23.6 Å². The lowest BCUT2D eigenvalue weighted by molar-refractivity contribution is 0.128. The number of alkyl halides is 2. The molecule has 0 amide bonds. The Morgan fingerprint density at radius 3 is 2.82 bits per heavy atom. The van der Waals surface area contributed by atoms with Crippen LogP contribution < -0.4 is 5.32 Å². The molecule has 92 valence electrons. The van der Waals surface area contributed by atoms with Crippen LogP contribution in [0.3, 0.4) is 0 Å². The molecule has 0 atom stereocenters. The maximum Gasteiger partial charge on any atom is 0.256 e. The van der Waals surface area contributed by atoms with Gasteiger partial charge in [0.25, 0.3) is 6.43 Å². The quantitative estimate of drug-likeness (QED) is 0.847. The summed E-state index contributed by atoms with van der Waals surface area (Å²) in [5.74, 6) is 0. The highest BCUT2D eigenvalue weighted by molar-refractivity contribution is 5.83. The molecule has 1 aromatic heterocycles. The first-order chi connectivity index (χ1) is 8.22. The fraction of sp³-hybridized carbons (Fsp3) is 0.385. The number of fused-ring (bicyclic) bond motifs is 1. The summed E-state index contributed by atoms with van der Waals surface area (Å²) >= 11 is 0. The van der Waals surface area contributed by atoms with Gasteiger partial charge in [0.15, 0.2) is 0 Å². The van der Waals surface area contributed by atoms with Crippen molar-refractivity contribution in [3.8, 4) is 0 Å². The monoisotopic (exact) mass is 238 g/mol. The van der Waals surface area contributed by atoms with Gasteiger partial charge in [0.2, 0.25) is 0 Å².